The van der Waals surface area contributed by atoms with Crippen molar-refractivity contribution < 1.29 is 49.6 Å². The Hall–Kier alpha value is -0.400. The summed E-state index contributed by atoms with van der Waals surface area (Å²) >= 11 is 0. The van der Waals surface area contributed by atoms with E-state index < -0.39 is 67.5 Å². The van der Waals surface area contributed by atoms with Crippen molar-refractivity contribution in [3.8, 4) is 0 Å². The SMILES string of the molecule is CC(C)(C)OC1C(CO)OC(OC2COC(O)C(O)C2O)C(O)C1O. The van der Waals surface area contributed by atoms with Crippen LogP contribution >= 0.6 is 0 Å². The number of ether oxygens (including phenoxy) is 4. The van der Waals surface area contributed by atoms with Gasteiger partial charge in [0.25, 0.3) is 0 Å². The van der Waals surface area contributed by atoms with Gasteiger partial charge in [0.1, 0.15) is 42.7 Å². The van der Waals surface area contributed by atoms with Gasteiger partial charge in [0.05, 0.1) is 18.8 Å². The smallest absolute Gasteiger partial charge is 0.187 e. The van der Waals surface area contributed by atoms with Crippen molar-refractivity contribution in [2.24, 2.45) is 0 Å². The molecule has 25 heavy (non-hydrogen) atoms. The third-order valence-electron chi connectivity index (χ3n) is 4.07. The molecule has 2 fully saturated rings. The zero-order valence-corrected chi connectivity index (χ0v) is 14.4. The Balaban J connectivity index is 2.05. The molecule has 148 valence electrons. The Morgan fingerprint density at radius 2 is 1.60 bits per heavy atom. The lowest BCUT2D eigenvalue weighted by Crippen LogP contribution is -2.63. The van der Waals surface area contributed by atoms with Gasteiger partial charge in [-0.2, -0.15) is 0 Å². The van der Waals surface area contributed by atoms with E-state index in [4.69, 9.17) is 18.9 Å². The van der Waals surface area contributed by atoms with E-state index in [0.29, 0.717) is 0 Å². The maximum Gasteiger partial charge on any atom is 0.187 e. The fourth-order valence-corrected chi connectivity index (χ4v) is 2.79. The van der Waals surface area contributed by atoms with Crippen molar-refractivity contribution in [2.45, 2.75) is 81.7 Å². The molecule has 0 amide bonds. The Morgan fingerprint density at radius 1 is 0.960 bits per heavy atom. The summed E-state index contributed by atoms with van der Waals surface area (Å²) < 4.78 is 21.4. The maximum absolute atomic E-state index is 10.3. The van der Waals surface area contributed by atoms with E-state index in [1.807, 2.05) is 0 Å². The standard InChI is InChI=1S/C15H28O10/c1-15(2,3)25-12-6(4-16)23-14(11(20)9(12)18)24-7-5-22-13(21)10(19)8(7)17/h6-14,16-21H,4-5H2,1-3H3. The zero-order valence-electron chi connectivity index (χ0n) is 14.4. The third-order valence-corrected chi connectivity index (χ3v) is 4.07. The van der Waals surface area contributed by atoms with Crippen LogP contribution in [0.5, 0.6) is 0 Å². The minimum absolute atomic E-state index is 0.256. The van der Waals surface area contributed by atoms with Crippen molar-refractivity contribution in [3.05, 3.63) is 0 Å². The van der Waals surface area contributed by atoms with Crippen LogP contribution in [0.1, 0.15) is 20.8 Å². The van der Waals surface area contributed by atoms with Gasteiger partial charge >= 0.3 is 0 Å². The molecule has 0 aliphatic carbocycles. The van der Waals surface area contributed by atoms with Gasteiger partial charge in [-0.1, -0.05) is 0 Å². The summed E-state index contributed by atoms with van der Waals surface area (Å²) in [6.07, 6.45) is -12.0. The van der Waals surface area contributed by atoms with Gasteiger partial charge < -0.3 is 49.6 Å². The molecule has 0 spiro atoms. The molecule has 0 radical (unpaired) electrons. The second-order valence-electron chi connectivity index (χ2n) is 7.28. The molecule has 6 N–H and O–H groups in total. The van der Waals surface area contributed by atoms with Crippen LogP contribution in [-0.4, -0.2) is 105 Å². The van der Waals surface area contributed by atoms with Gasteiger partial charge in [0.2, 0.25) is 0 Å². The number of rotatable bonds is 4. The van der Waals surface area contributed by atoms with Gasteiger partial charge in [0, 0.05) is 0 Å². The summed E-state index contributed by atoms with van der Waals surface area (Å²) in [5.74, 6) is 0. The molecular weight excluding hydrogens is 340 g/mol. The molecule has 0 aromatic carbocycles. The maximum atomic E-state index is 10.3. The minimum atomic E-state index is -1.59. The molecule has 0 saturated carbocycles. The molecule has 9 atom stereocenters. The molecule has 10 heteroatoms. The fraction of sp³-hybridized carbons (Fsp3) is 1.00. The molecule has 9 unspecified atom stereocenters. The highest BCUT2D eigenvalue weighted by atomic mass is 16.7. The topological polar surface area (TPSA) is 158 Å². The largest absolute Gasteiger partial charge is 0.394 e. The first-order valence-electron chi connectivity index (χ1n) is 8.16. The lowest BCUT2D eigenvalue weighted by Gasteiger charge is -2.45. The normalized spacial score (nSPS) is 46.2. The average molecular weight is 368 g/mol. The van der Waals surface area contributed by atoms with E-state index in [-0.39, 0.29) is 6.61 Å². The van der Waals surface area contributed by atoms with Crippen molar-refractivity contribution >= 4 is 0 Å². The van der Waals surface area contributed by atoms with Gasteiger partial charge in [-0.3, -0.25) is 0 Å². The van der Waals surface area contributed by atoms with Crippen LogP contribution in [0.4, 0.5) is 0 Å². The molecule has 10 nitrogen and oxygen atoms in total. The van der Waals surface area contributed by atoms with E-state index >= 15 is 0 Å². The number of hydrogen-bond acceptors (Lipinski definition) is 10. The van der Waals surface area contributed by atoms with E-state index in [9.17, 15) is 30.6 Å². The highest BCUT2D eigenvalue weighted by Crippen LogP contribution is 2.29. The Kier molecular flexibility index (Phi) is 6.77. The molecule has 2 aliphatic heterocycles. The number of aliphatic hydroxyl groups is 6. The monoisotopic (exact) mass is 368 g/mol. The van der Waals surface area contributed by atoms with Crippen molar-refractivity contribution in [1.82, 2.24) is 0 Å². The predicted molar refractivity (Wildman–Crippen MR) is 81.2 cm³/mol. The summed E-state index contributed by atoms with van der Waals surface area (Å²) in [6, 6.07) is 0. The van der Waals surface area contributed by atoms with E-state index in [1.54, 1.807) is 20.8 Å². The zero-order chi connectivity index (χ0) is 18.9. The quantitative estimate of drug-likeness (QED) is 0.303. The number of aliphatic hydroxyl groups excluding tert-OH is 6. The van der Waals surface area contributed by atoms with Crippen LogP contribution in [0, 0.1) is 0 Å². The predicted octanol–water partition coefficient (Wildman–Crippen LogP) is -2.94. The van der Waals surface area contributed by atoms with E-state index in [1.165, 1.54) is 0 Å². The second-order valence-corrected chi connectivity index (χ2v) is 7.28. The van der Waals surface area contributed by atoms with Crippen molar-refractivity contribution in [1.29, 1.82) is 0 Å². The molecule has 2 rings (SSSR count). The lowest BCUT2D eigenvalue weighted by atomic mass is 9.97. The summed E-state index contributed by atoms with van der Waals surface area (Å²) in [5, 5.41) is 59.0. The van der Waals surface area contributed by atoms with Gasteiger partial charge in [-0.05, 0) is 20.8 Å². The Bertz CT molecular complexity index is 425. The summed E-state index contributed by atoms with van der Waals surface area (Å²) in [6.45, 7) is 4.52. The molecule has 2 aliphatic rings. The second kappa shape index (κ2) is 8.09. The molecular formula is C15H28O10. The third kappa shape index (κ3) is 4.86. The highest BCUT2D eigenvalue weighted by molar-refractivity contribution is 4.93. The first-order valence-corrected chi connectivity index (χ1v) is 8.16. The minimum Gasteiger partial charge on any atom is -0.394 e. The van der Waals surface area contributed by atoms with Crippen LogP contribution in [-0.2, 0) is 18.9 Å². The molecule has 2 heterocycles. The number of hydrogen-bond donors (Lipinski definition) is 6. The van der Waals surface area contributed by atoms with Crippen LogP contribution in [0.25, 0.3) is 0 Å². The average Bonchev–Trinajstić information content (AvgIpc) is 2.53. The van der Waals surface area contributed by atoms with Crippen molar-refractivity contribution in [2.75, 3.05) is 13.2 Å². The van der Waals surface area contributed by atoms with Crippen molar-refractivity contribution in [3.63, 3.8) is 0 Å². The first kappa shape index (κ1) is 20.9. The van der Waals surface area contributed by atoms with Gasteiger partial charge in [-0.25, -0.2) is 0 Å². The van der Waals surface area contributed by atoms with Crippen LogP contribution in [0.2, 0.25) is 0 Å². The summed E-state index contributed by atoms with van der Waals surface area (Å²) in [7, 11) is 0. The van der Waals surface area contributed by atoms with Gasteiger partial charge in [0.15, 0.2) is 12.6 Å². The highest BCUT2D eigenvalue weighted by Gasteiger charge is 2.49. The molecule has 0 aromatic heterocycles. The van der Waals surface area contributed by atoms with Gasteiger partial charge in [-0.15, -0.1) is 0 Å². The first-order chi connectivity index (χ1) is 11.5. The summed E-state index contributed by atoms with van der Waals surface area (Å²) in [4.78, 5) is 0. The molecule has 0 bridgehead atoms. The van der Waals surface area contributed by atoms with Crippen LogP contribution < -0.4 is 0 Å². The van der Waals surface area contributed by atoms with Crippen LogP contribution in [0.15, 0.2) is 0 Å². The summed E-state index contributed by atoms with van der Waals surface area (Å²) in [5.41, 5.74) is -0.649. The lowest BCUT2D eigenvalue weighted by molar-refractivity contribution is -0.348. The molecule has 0 aromatic rings. The van der Waals surface area contributed by atoms with E-state index in [0.717, 1.165) is 0 Å². The van der Waals surface area contributed by atoms with E-state index in [2.05, 4.69) is 0 Å². The van der Waals surface area contributed by atoms with Crippen LogP contribution in [0.3, 0.4) is 0 Å². The Labute approximate surface area is 145 Å². The Morgan fingerprint density at radius 3 is 2.16 bits per heavy atom. The molecule has 2 saturated heterocycles. The fourth-order valence-electron chi connectivity index (χ4n) is 2.79.